The largest absolute Gasteiger partial charge is 0.103 e. The molecular formula is C11H16. The molecule has 0 heteroatoms. The minimum atomic E-state index is 0.938. The molecule has 0 unspecified atom stereocenters. The predicted molar refractivity (Wildman–Crippen MR) is 52.5 cm³/mol. The average Bonchev–Trinajstić information content (AvgIpc) is 2.01. The monoisotopic (exact) mass is 148 g/mol. The van der Waals surface area contributed by atoms with Gasteiger partial charge in [-0.25, -0.2) is 0 Å². The molecular weight excluding hydrogens is 132 g/mol. The van der Waals surface area contributed by atoms with Crippen LogP contribution >= 0.6 is 0 Å². The maximum absolute atomic E-state index is 3.69. The summed E-state index contributed by atoms with van der Waals surface area (Å²) in [6, 6.07) is 0. The van der Waals surface area contributed by atoms with E-state index in [9.17, 15) is 0 Å². The van der Waals surface area contributed by atoms with Gasteiger partial charge in [0.1, 0.15) is 0 Å². The Morgan fingerprint density at radius 2 is 2.00 bits per heavy atom. The zero-order chi connectivity index (χ0) is 8.53. The molecule has 0 amide bonds. The van der Waals surface area contributed by atoms with Crippen molar-refractivity contribution in [1.82, 2.24) is 0 Å². The topological polar surface area (TPSA) is 0 Å². The second-order valence-electron chi connectivity index (χ2n) is 2.30. The minimum Gasteiger partial charge on any atom is -0.103 e. The lowest BCUT2D eigenvalue weighted by Crippen LogP contribution is -1.74. The molecule has 0 fully saturated rings. The quantitative estimate of drug-likeness (QED) is 0.412. The molecule has 0 saturated heterocycles. The Kier molecular flexibility index (Phi) is 6.40. The van der Waals surface area contributed by atoms with Crippen molar-refractivity contribution in [3.05, 3.63) is 49.1 Å². The summed E-state index contributed by atoms with van der Waals surface area (Å²) in [6.07, 6.45) is 12.0. The van der Waals surface area contributed by atoms with Crippen LogP contribution in [0.4, 0.5) is 0 Å². The number of hydrogen-bond donors (Lipinski definition) is 0. The van der Waals surface area contributed by atoms with Crippen LogP contribution in [0.2, 0.25) is 0 Å². The molecule has 0 atom stereocenters. The molecule has 60 valence electrons. The van der Waals surface area contributed by atoms with Gasteiger partial charge in [-0.3, -0.25) is 0 Å². The van der Waals surface area contributed by atoms with E-state index in [-0.39, 0.29) is 0 Å². The summed E-state index contributed by atoms with van der Waals surface area (Å²) in [6.45, 7) is 9.37. The lowest BCUT2D eigenvalue weighted by atomic mass is 10.1. The van der Waals surface area contributed by atoms with Crippen molar-refractivity contribution in [2.45, 2.75) is 19.8 Å². The third-order valence-corrected chi connectivity index (χ3v) is 1.31. The molecule has 0 saturated carbocycles. The molecule has 0 nitrogen and oxygen atoms in total. The van der Waals surface area contributed by atoms with Crippen molar-refractivity contribution in [2.24, 2.45) is 0 Å². The summed E-state index contributed by atoms with van der Waals surface area (Å²) in [5, 5.41) is 0. The van der Waals surface area contributed by atoms with E-state index >= 15 is 0 Å². The van der Waals surface area contributed by atoms with E-state index in [1.54, 1.807) is 0 Å². The van der Waals surface area contributed by atoms with E-state index in [0.29, 0.717) is 0 Å². The molecule has 0 radical (unpaired) electrons. The molecule has 0 rings (SSSR count). The van der Waals surface area contributed by atoms with Crippen molar-refractivity contribution in [3.63, 3.8) is 0 Å². The highest BCUT2D eigenvalue weighted by atomic mass is 13.9. The van der Waals surface area contributed by atoms with Crippen LogP contribution in [0.15, 0.2) is 49.1 Å². The van der Waals surface area contributed by atoms with Crippen LogP contribution in [0.25, 0.3) is 0 Å². The van der Waals surface area contributed by atoms with E-state index in [0.717, 1.165) is 12.8 Å². The Morgan fingerprint density at radius 1 is 1.27 bits per heavy atom. The van der Waals surface area contributed by atoms with Crippen molar-refractivity contribution < 1.29 is 0 Å². The number of allylic oxidation sites excluding steroid dienone is 6. The van der Waals surface area contributed by atoms with Crippen molar-refractivity contribution in [2.75, 3.05) is 0 Å². The standard InChI is InChI=1S/C11H16/c1-4-7-10-11(8-5-2)9-6-3/h4-6,9-10H,1-2,7-8H2,3H3. The molecule has 0 aromatic heterocycles. The van der Waals surface area contributed by atoms with Crippen LogP contribution in [0.1, 0.15) is 19.8 Å². The third-order valence-electron chi connectivity index (χ3n) is 1.31. The molecule has 11 heavy (non-hydrogen) atoms. The van der Waals surface area contributed by atoms with Gasteiger partial charge in [0.2, 0.25) is 0 Å². The number of hydrogen-bond acceptors (Lipinski definition) is 0. The average molecular weight is 148 g/mol. The van der Waals surface area contributed by atoms with Gasteiger partial charge >= 0.3 is 0 Å². The Bertz CT molecular complexity index is 170. The summed E-state index contributed by atoms with van der Waals surface area (Å²) in [7, 11) is 0. The molecule has 0 heterocycles. The first-order chi connectivity index (χ1) is 5.35. The molecule has 0 bridgehead atoms. The fourth-order valence-corrected chi connectivity index (χ4v) is 0.835. The third kappa shape index (κ3) is 5.41. The molecule has 0 aliphatic heterocycles. The highest BCUT2D eigenvalue weighted by molar-refractivity contribution is 5.21. The predicted octanol–water partition coefficient (Wildman–Crippen LogP) is 3.64. The van der Waals surface area contributed by atoms with Gasteiger partial charge in [-0.2, -0.15) is 0 Å². The second-order valence-corrected chi connectivity index (χ2v) is 2.30. The van der Waals surface area contributed by atoms with Crippen LogP contribution in [0.5, 0.6) is 0 Å². The van der Waals surface area contributed by atoms with Gasteiger partial charge in [0.15, 0.2) is 0 Å². The first-order valence-electron chi connectivity index (χ1n) is 3.88. The maximum Gasteiger partial charge on any atom is -0.0103 e. The van der Waals surface area contributed by atoms with Gasteiger partial charge < -0.3 is 0 Å². The van der Waals surface area contributed by atoms with Gasteiger partial charge in [-0.1, -0.05) is 30.4 Å². The van der Waals surface area contributed by atoms with E-state index in [2.05, 4.69) is 25.3 Å². The van der Waals surface area contributed by atoms with Gasteiger partial charge in [0, 0.05) is 0 Å². The van der Waals surface area contributed by atoms with Crippen LogP contribution in [-0.2, 0) is 0 Å². The lowest BCUT2D eigenvalue weighted by Gasteiger charge is -1.94. The van der Waals surface area contributed by atoms with E-state index in [1.165, 1.54) is 5.57 Å². The summed E-state index contributed by atoms with van der Waals surface area (Å²) < 4.78 is 0. The van der Waals surface area contributed by atoms with Crippen molar-refractivity contribution >= 4 is 0 Å². The fraction of sp³-hybridized carbons (Fsp3) is 0.273. The highest BCUT2D eigenvalue weighted by Gasteiger charge is 1.85. The lowest BCUT2D eigenvalue weighted by molar-refractivity contribution is 1.23. The van der Waals surface area contributed by atoms with E-state index in [4.69, 9.17) is 0 Å². The van der Waals surface area contributed by atoms with Crippen LogP contribution < -0.4 is 0 Å². The van der Waals surface area contributed by atoms with Gasteiger partial charge in [-0.05, 0) is 25.3 Å². The second kappa shape index (κ2) is 7.07. The minimum absolute atomic E-state index is 0.938. The molecule has 0 N–H and O–H groups in total. The molecule has 0 aromatic rings. The summed E-state index contributed by atoms with van der Waals surface area (Å²) in [5.41, 5.74) is 1.31. The molecule has 0 aliphatic carbocycles. The Hall–Kier alpha value is -1.04. The SMILES string of the molecule is C=CCC=C(C=CC)CC=C. The highest BCUT2D eigenvalue weighted by Crippen LogP contribution is 2.05. The van der Waals surface area contributed by atoms with Gasteiger partial charge in [0.25, 0.3) is 0 Å². The van der Waals surface area contributed by atoms with Crippen LogP contribution in [0, 0.1) is 0 Å². The summed E-state index contributed by atoms with van der Waals surface area (Å²) in [5.74, 6) is 0. The van der Waals surface area contributed by atoms with Crippen molar-refractivity contribution in [1.29, 1.82) is 0 Å². The smallest absolute Gasteiger partial charge is 0.0103 e. The van der Waals surface area contributed by atoms with Crippen LogP contribution in [-0.4, -0.2) is 0 Å². The zero-order valence-electron chi connectivity index (χ0n) is 7.22. The Balaban J connectivity index is 4.05. The summed E-state index contributed by atoms with van der Waals surface area (Å²) >= 11 is 0. The maximum atomic E-state index is 3.69. The molecule has 0 aromatic carbocycles. The summed E-state index contributed by atoms with van der Waals surface area (Å²) in [4.78, 5) is 0. The van der Waals surface area contributed by atoms with Crippen molar-refractivity contribution in [3.8, 4) is 0 Å². The molecule has 0 aliphatic rings. The Labute approximate surface area is 69.6 Å². The number of rotatable bonds is 5. The first-order valence-corrected chi connectivity index (χ1v) is 3.88. The van der Waals surface area contributed by atoms with E-state index in [1.807, 2.05) is 25.2 Å². The first kappa shape index (κ1) is 9.96. The van der Waals surface area contributed by atoms with Crippen LogP contribution in [0.3, 0.4) is 0 Å². The molecule has 0 spiro atoms. The van der Waals surface area contributed by atoms with Gasteiger partial charge in [-0.15, -0.1) is 13.2 Å². The Morgan fingerprint density at radius 3 is 2.45 bits per heavy atom. The fourth-order valence-electron chi connectivity index (χ4n) is 0.835. The van der Waals surface area contributed by atoms with E-state index < -0.39 is 0 Å². The van der Waals surface area contributed by atoms with Gasteiger partial charge in [0.05, 0.1) is 0 Å². The zero-order valence-corrected chi connectivity index (χ0v) is 7.22. The normalized spacial score (nSPS) is 11.9.